The molecule has 0 aromatic carbocycles. The lowest BCUT2D eigenvalue weighted by molar-refractivity contribution is 0.364. The maximum Gasteiger partial charge on any atom is 0.0839 e. The van der Waals surface area contributed by atoms with Crippen molar-refractivity contribution < 1.29 is 4.74 Å². The van der Waals surface area contributed by atoms with E-state index in [9.17, 15) is 0 Å². The van der Waals surface area contributed by atoms with Gasteiger partial charge in [0, 0.05) is 0 Å². The van der Waals surface area contributed by atoms with Gasteiger partial charge in [0.2, 0.25) is 0 Å². The smallest absolute Gasteiger partial charge is 0.0839 e. The number of hydrogen-bond acceptors (Lipinski definition) is 1. The lowest BCUT2D eigenvalue weighted by atomic mass is 10.1. The summed E-state index contributed by atoms with van der Waals surface area (Å²) in [6, 6.07) is 0. The predicted octanol–water partition coefficient (Wildman–Crippen LogP) is 2.35. The minimum atomic E-state index is 0.583. The quantitative estimate of drug-likeness (QED) is 0.546. The summed E-state index contributed by atoms with van der Waals surface area (Å²) in [7, 11) is 0. The number of epoxide rings is 1. The van der Waals surface area contributed by atoms with Crippen LogP contribution in [0.1, 0.15) is 39.0 Å². The fraction of sp³-hybridized carbons (Fsp3) is 1.00. The van der Waals surface area contributed by atoms with Gasteiger partial charge in [-0.25, -0.2) is 0 Å². The predicted molar refractivity (Wildman–Crippen MR) is 40.9 cm³/mol. The van der Waals surface area contributed by atoms with Crippen LogP contribution in [0.5, 0.6) is 0 Å². The standard InChI is InChI=1S/C9H16O/c1-7-9(10-7)4-2-3-8-5-6-8/h7-9H,2-6H2,1H3. The van der Waals surface area contributed by atoms with Gasteiger partial charge >= 0.3 is 0 Å². The summed E-state index contributed by atoms with van der Waals surface area (Å²) in [6.07, 6.45) is 8.41. The van der Waals surface area contributed by atoms with Gasteiger partial charge < -0.3 is 4.74 Å². The SMILES string of the molecule is CC1OC1CCCC1CC1. The normalized spacial score (nSPS) is 38.1. The fourth-order valence-electron chi connectivity index (χ4n) is 1.55. The number of rotatable bonds is 4. The lowest BCUT2D eigenvalue weighted by Crippen LogP contribution is -1.89. The summed E-state index contributed by atoms with van der Waals surface area (Å²) in [5, 5.41) is 0. The highest BCUT2D eigenvalue weighted by molar-refractivity contribution is 4.81. The molecule has 0 aromatic heterocycles. The van der Waals surface area contributed by atoms with Crippen LogP contribution in [0.3, 0.4) is 0 Å². The maximum absolute atomic E-state index is 5.32. The van der Waals surface area contributed by atoms with Crippen molar-refractivity contribution in [2.24, 2.45) is 5.92 Å². The Balaban J connectivity index is 1.48. The molecular formula is C9H16O. The van der Waals surface area contributed by atoms with Gasteiger partial charge in [0.15, 0.2) is 0 Å². The third-order valence-electron chi connectivity index (χ3n) is 2.63. The van der Waals surface area contributed by atoms with Crippen molar-refractivity contribution in [3.8, 4) is 0 Å². The van der Waals surface area contributed by atoms with E-state index in [4.69, 9.17) is 4.74 Å². The van der Waals surface area contributed by atoms with Crippen LogP contribution in [0.25, 0.3) is 0 Å². The van der Waals surface area contributed by atoms with Gasteiger partial charge in [0.25, 0.3) is 0 Å². The molecule has 1 heterocycles. The van der Waals surface area contributed by atoms with Crippen LogP contribution in [0, 0.1) is 5.92 Å². The molecule has 0 amide bonds. The molecule has 2 fully saturated rings. The molecule has 1 nitrogen and oxygen atoms in total. The van der Waals surface area contributed by atoms with Crippen LogP contribution in [0.15, 0.2) is 0 Å². The fourth-order valence-corrected chi connectivity index (χ4v) is 1.55. The van der Waals surface area contributed by atoms with Crippen LogP contribution >= 0.6 is 0 Å². The number of hydrogen-bond donors (Lipinski definition) is 0. The first kappa shape index (κ1) is 6.66. The van der Waals surface area contributed by atoms with Gasteiger partial charge in [0.05, 0.1) is 12.2 Å². The Labute approximate surface area is 62.8 Å². The van der Waals surface area contributed by atoms with E-state index in [-0.39, 0.29) is 0 Å². The summed E-state index contributed by atoms with van der Waals surface area (Å²) < 4.78 is 5.32. The van der Waals surface area contributed by atoms with Crippen molar-refractivity contribution in [3.63, 3.8) is 0 Å². The highest BCUT2D eigenvalue weighted by Gasteiger charge is 2.33. The summed E-state index contributed by atoms with van der Waals surface area (Å²) >= 11 is 0. The average Bonchev–Trinajstić information content (AvgIpc) is 2.73. The molecule has 10 heavy (non-hydrogen) atoms. The van der Waals surface area contributed by atoms with E-state index < -0.39 is 0 Å². The van der Waals surface area contributed by atoms with Crippen molar-refractivity contribution in [3.05, 3.63) is 0 Å². The Morgan fingerprint density at radius 1 is 1.30 bits per heavy atom. The van der Waals surface area contributed by atoms with Gasteiger partial charge in [-0.2, -0.15) is 0 Å². The van der Waals surface area contributed by atoms with E-state index >= 15 is 0 Å². The topological polar surface area (TPSA) is 12.5 Å². The zero-order chi connectivity index (χ0) is 6.97. The Hall–Kier alpha value is -0.0400. The summed E-state index contributed by atoms with van der Waals surface area (Å²) in [6.45, 7) is 2.17. The summed E-state index contributed by atoms with van der Waals surface area (Å²) in [4.78, 5) is 0. The van der Waals surface area contributed by atoms with E-state index in [0.29, 0.717) is 12.2 Å². The molecule has 0 N–H and O–H groups in total. The van der Waals surface area contributed by atoms with Crippen LogP contribution < -0.4 is 0 Å². The average molecular weight is 140 g/mol. The zero-order valence-corrected chi connectivity index (χ0v) is 6.68. The minimum absolute atomic E-state index is 0.583. The van der Waals surface area contributed by atoms with Gasteiger partial charge in [-0.05, 0) is 19.3 Å². The van der Waals surface area contributed by atoms with Gasteiger partial charge in [-0.15, -0.1) is 0 Å². The summed E-state index contributed by atoms with van der Waals surface area (Å²) in [5.74, 6) is 1.11. The van der Waals surface area contributed by atoms with Crippen LogP contribution in [0.2, 0.25) is 0 Å². The molecular weight excluding hydrogens is 124 g/mol. The van der Waals surface area contributed by atoms with E-state index in [1.807, 2.05) is 0 Å². The summed E-state index contributed by atoms with van der Waals surface area (Å²) in [5.41, 5.74) is 0. The Morgan fingerprint density at radius 3 is 2.50 bits per heavy atom. The Kier molecular flexibility index (Phi) is 1.69. The van der Waals surface area contributed by atoms with Crippen molar-refractivity contribution in [2.75, 3.05) is 0 Å². The van der Waals surface area contributed by atoms with Crippen molar-refractivity contribution >= 4 is 0 Å². The molecule has 1 aliphatic heterocycles. The van der Waals surface area contributed by atoms with E-state index in [1.54, 1.807) is 0 Å². The third-order valence-corrected chi connectivity index (χ3v) is 2.63. The molecule has 0 bridgehead atoms. The van der Waals surface area contributed by atoms with E-state index in [0.717, 1.165) is 5.92 Å². The second kappa shape index (κ2) is 2.54. The second-order valence-electron chi connectivity index (χ2n) is 3.75. The molecule has 2 unspecified atom stereocenters. The van der Waals surface area contributed by atoms with Crippen LogP contribution in [-0.4, -0.2) is 12.2 Å². The molecule has 1 saturated heterocycles. The molecule has 1 saturated carbocycles. The van der Waals surface area contributed by atoms with Crippen molar-refractivity contribution in [1.82, 2.24) is 0 Å². The highest BCUT2D eigenvalue weighted by atomic mass is 16.6. The van der Waals surface area contributed by atoms with Crippen LogP contribution in [-0.2, 0) is 4.74 Å². The van der Waals surface area contributed by atoms with E-state index in [2.05, 4.69) is 6.92 Å². The minimum Gasteiger partial charge on any atom is -0.370 e. The molecule has 0 radical (unpaired) electrons. The molecule has 1 heteroatoms. The van der Waals surface area contributed by atoms with Gasteiger partial charge in [-0.3, -0.25) is 0 Å². The maximum atomic E-state index is 5.32. The molecule has 58 valence electrons. The molecule has 0 aromatic rings. The first-order valence-corrected chi connectivity index (χ1v) is 4.52. The molecule has 0 spiro atoms. The molecule has 2 atom stereocenters. The first-order valence-electron chi connectivity index (χ1n) is 4.52. The highest BCUT2D eigenvalue weighted by Crippen LogP contribution is 2.35. The van der Waals surface area contributed by atoms with E-state index in [1.165, 1.54) is 32.1 Å². The lowest BCUT2D eigenvalue weighted by Gasteiger charge is -1.93. The first-order chi connectivity index (χ1) is 4.86. The molecule has 1 aliphatic carbocycles. The second-order valence-corrected chi connectivity index (χ2v) is 3.75. The van der Waals surface area contributed by atoms with Gasteiger partial charge in [-0.1, -0.05) is 25.7 Å². The van der Waals surface area contributed by atoms with Crippen LogP contribution in [0.4, 0.5) is 0 Å². The van der Waals surface area contributed by atoms with Crippen molar-refractivity contribution in [1.29, 1.82) is 0 Å². The molecule has 2 rings (SSSR count). The Morgan fingerprint density at radius 2 is 2.00 bits per heavy atom. The zero-order valence-electron chi connectivity index (χ0n) is 6.68. The molecule has 2 aliphatic rings. The van der Waals surface area contributed by atoms with Gasteiger partial charge in [0.1, 0.15) is 0 Å². The Bertz CT molecular complexity index is 118. The largest absolute Gasteiger partial charge is 0.370 e. The van der Waals surface area contributed by atoms with Crippen molar-refractivity contribution in [2.45, 2.75) is 51.2 Å². The third kappa shape index (κ3) is 1.72. The monoisotopic (exact) mass is 140 g/mol. The number of ether oxygens (including phenoxy) is 1.